The van der Waals surface area contributed by atoms with Gasteiger partial charge in [-0.15, -0.1) is 0 Å². The predicted molar refractivity (Wildman–Crippen MR) is 169 cm³/mol. The largest absolute Gasteiger partial charge is 0.354 e. The van der Waals surface area contributed by atoms with E-state index in [1.165, 1.54) is 103 Å². The van der Waals surface area contributed by atoms with Crippen molar-refractivity contribution in [3.05, 3.63) is 0 Å². The maximum atomic E-state index is 13.5. The van der Waals surface area contributed by atoms with Crippen LogP contribution in [0.15, 0.2) is 0 Å². The molecule has 5 atom stereocenters. The highest BCUT2D eigenvalue weighted by Crippen LogP contribution is 2.50. The number of ether oxygens (including phenoxy) is 5. The molecule has 7 heteroatoms. The molecule has 0 bridgehead atoms. The van der Waals surface area contributed by atoms with Gasteiger partial charge in [0.1, 0.15) is 18.3 Å². The molecule has 2 spiro atoms. The van der Waals surface area contributed by atoms with Crippen LogP contribution in [0.2, 0.25) is 0 Å². The standard InChI is InChI=1S/C36H63NO6/c1-2-3-4-5-6-7-8-9-10-11-12-13-14-15-16-23-28-37-33(38)31-29-30(41-35(40-29)24-19-17-20-25-35)32-34(39-31)43-36(42-32)26-21-18-22-27-36/h29-32,34H,2-28H2,1H3,(H,37,38)/t29-,30+,31-,32-,34+/m1/s1. The molecule has 3 saturated heterocycles. The predicted octanol–water partition coefficient (Wildman–Crippen LogP) is 8.61. The van der Waals surface area contributed by atoms with E-state index in [1.54, 1.807) is 0 Å². The molecule has 2 saturated carbocycles. The lowest BCUT2D eigenvalue weighted by atomic mass is 9.94. The average Bonchev–Trinajstić information content (AvgIpc) is 3.56. The zero-order chi connectivity index (χ0) is 29.8. The Balaban J connectivity index is 0.965. The Morgan fingerprint density at radius 3 is 1.53 bits per heavy atom. The van der Waals surface area contributed by atoms with E-state index in [-0.39, 0.29) is 18.1 Å². The first-order chi connectivity index (χ1) is 21.1. The van der Waals surface area contributed by atoms with E-state index in [1.807, 2.05) is 0 Å². The van der Waals surface area contributed by atoms with Crippen LogP contribution >= 0.6 is 0 Å². The highest BCUT2D eigenvalue weighted by Gasteiger charge is 2.65. The van der Waals surface area contributed by atoms with Crippen LogP contribution in [0, 0.1) is 0 Å². The van der Waals surface area contributed by atoms with Crippen LogP contribution in [-0.2, 0) is 28.5 Å². The van der Waals surface area contributed by atoms with Crippen LogP contribution in [0.4, 0.5) is 0 Å². The van der Waals surface area contributed by atoms with Gasteiger partial charge in [-0.2, -0.15) is 0 Å². The summed E-state index contributed by atoms with van der Waals surface area (Å²) in [5, 5.41) is 3.16. The molecular weight excluding hydrogens is 542 g/mol. The summed E-state index contributed by atoms with van der Waals surface area (Å²) < 4.78 is 32.7. The number of fused-ring (bicyclic) bond motifs is 3. The third kappa shape index (κ3) is 9.40. The van der Waals surface area contributed by atoms with Crippen LogP contribution in [0.3, 0.4) is 0 Å². The summed E-state index contributed by atoms with van der Waals surface area (Å²) in [5.41, 5.74) is 0. The van der Waals surface area contributed by atoms with Gasteiger partial charge in [0, 0.05) is 32.2 Å². The fourth-order valence-electron chi connectivity index (χ4n) is 8.15. The molecule has 3 aliphatic heterocycles. The molecule has 3 heterocycles. The van der Waals surface area contributed by atoms with Crippen molar-refractivity contribution >= 4 is 5.91 Å². The van der Waals surface area contributed by atoms with Crippen LogP contribution in [0.25, 0.3) is 0 Å². The normalized spacial score (nSPS) is 30.9. The molecule has 2 aliphatic carbocycles. The number of nitrogens with one attached hydrogen (secondary N) is 1. The molecule has 0 radical (unpaired) electrons. The van der Waals surface area contributed by atoms with Crippen molar-refractivity contribution < 1.29 is 28.5 Å². The van der Waals surface area contributed by atoms with Gasteiger partial charge >= 0.3 is 0 Å². The zero-order valence-electron chi connectivity index (χ0n) is 27.4. The molecule has 0 aromatic heterocycles. The Morgan fingerprint density at radius 2 is 1.00 bits per heavy atom. The fourth-order valence-corrected chi connectivity index (χ4v) is 8.15. The third-order valence-electron chi connectivity index (χ3n) is 10.7. The molecular formula is C36H63NO6. The number of hydrogen-bond donors (Lipinski definition) is 1. The minimum atomic E-state index is -0.726. The Bertz CT molecular complexity index is 810. The van der Waals surface area contributed by atoms with Gasteiger partial charge in [-0.3, -0.25) is 4.79 Å². The number of amides is 1. The lowest BCUT2D eigenvalue weighted by molar-refractivity contribution is -0.247. The van der Waals surface area contributed by atoms with E-state index in [2.05, 4.69) is 12.2 Å². The molecule has 0 aromatic rings. The second-order valence-electron chi connectivity index (χ2n) is 14.3. The second kappa shape index (κ2) is 17.3. The minimum Gasteiger partial charge on any atom is -0.354 e. The van der Waals surface area contributed by atoms with E-state index in [0.29, 0.717) is 6.54 Å². The maximum Gasteiger partial charge on any atom is 0.252 e. The molecule has 5 fully saturated rings. The smallest absolute Gasteiger partial charge is 0.252 e. The molecule has 5 rings (SSSR count). The SMILES string of the molecule is CCCCCCCCCCCCCCCCCCNC(=O)[C@@H]1O[C@H]2OC3(CCCCC3)O[C@@H]2[C@H]2OC3(CCCCC3)O[C@H]21. The van der Waals surface area contributed by atoms with Crippen molar-refractivity contribution in [1.82, 2.24) is 5.32 Å². The van der Waals surface area contributed by atoms with E-state index in [9.17, 15) is 4.79 Å². The molecule has 0 aromatic carbocycles. The number of carbonyl (C=O) groups excluding carboxylic acids is 1. The summed E-state index contributed by atoms with van der Waals surface area (Å²) in [7, 11) is 0. The van der Waals surface area contributed by atoms with Gasteiger partial charge in [-0.25, -0.2) is 0 Å². The third-order valence-corrected chi connectivity index (χ3v) is 10.7. The first-order valence-electron chi connectivity index (χ1n) is 18.8. The topological polar surface area (TPSA) is 75.3 Å². The number of carbonyl (C=O) groups is 1. The highest BCUT2D eigenvalue weighted by atomic mass is 16.9. The Kier molecular flexibility index (Phi) is 13.5. The van der Waals surface area contributed by atoms with Gasteiger partial charge in [0.15, 0.2) is 24.0 Å². The summed E-state index contributed by atoms with van der Waals surface area (Å²) >= 11 is 0. The summed E-state index contributed by atoms with van der Waals surface area (Å²) in [6.45, 7) is 2.96. The Hall–Kier alpha value is -0.730. The quantitative estimate of drug-likeness (QED) is 0.158. The van der Waals surface area contributed by atoms with Crippen molar-refractivity contribution in [2.45, 2.75) is 216 Å². The summed E-state index contributed by atoms with van der Waals surface area (Å²) in [6.07, 6.45) is 29.4. The number of unbranched alkanes of at least 4 members (excludes halogenated alkanes) is 15. The van der Waals surface area contributed by atoms with E-state index in [0.717, 1.165) is 64.2 Å². The van der Waals surface area contributed by atoms with Crippen molar-refractivity contribution in [2.75, 3.05) is 6.54 Å². The molecule has 43 heavy (non-hydrogen) atoms. The van der Waals surface area contributed by atoms with Crippen LogP contribution in [0.5, 0.6) is 0 Å². The molecule has 1 amide bonds. The van der Waals surface area contributed by atoms with Crippen molar-refractivity contribution in [3.63, 3.8) is 0 Å². The Morgan fingerprint density at radius 1 is 0.558 bits per heavy atom. The minimum absolute atomic E-state index is 0.0981. The molecule has 5 aliphatic rings. The van der Waals surface area contributed by atoms with Gasteiger partial charge in [0.25, 0.3) is 5.91 Å². The first-order valence-corrected chi connectivity index (χ1v) is 18.8. The van der Waals surface area contributed by atoms with Crippen LogP contribution < -0.4 is 5.32 Å². The van der Waals surface area contributed by atoms with Gasteiger partial charge in [0.05, 0.1) is 0 Å². The lowest BCUT2D eigenvalue weighted by Gasteiger charge is -2.36. The molecule has 1 N–H and O–H groups in total. The summed E-state index contributed by atoms with van der Waals surface area (Å²) in [5.74, 6) is -1.30. The fraction of sp³-hybridized carbons (Fsp3) is 0.972. The first kappa shape index (κ1) is 33.6. The Labute approximate surface area is 262 Å². The highest BCUT2D eigenvalue weighted by molar-refractivity contribution is 5.81. The number of rotatable bonds is 18. The number of hydrogen-bond acceptors (Lipinski definition) is 6. The van der Waals surface area contributed by atoms with Gasteiger partial charge in [-0.1, -0.05) is 116 Å². The van der Waals surface area contributed by atoms with Crippen LogP contribution in [-0.4, -0.2) is 54.7 Å². The summed E-state index contributed by atoms with van der Waals surface area (Å²) in [4.78, 5) is 13.5. The van der Waals surface area contributed by atoms with E-state index >= 15 is 0 Å². The van der Waals surface area contributed by atoms with E-state index < -0.39 is 30.1 Å². The lowest BCUT2D eigenvalue weighted by Crippen LogP contribution is -2.59. The second-order valence-corrected chi connectivity index (χ2v) is 14.3. The van der Waals surface area contributed by atoms with Gasteiger partial charge in [0.2, 0.25) is 0 Å². The molecule has 7 nitrogen and oxygen atoms in total. The van der Waals surface area contributed by atoms with Crippen molar-refractivity contribution in [2.24, 2.45) is 0 Å². The maximum absolute atomic E-state index is 13.5. The molecule has 248 valence electrons. The van der Waals surface area contributed by atoms with Crippen LogP contribution in [0.1, 0.15) is 174 Å². The monoisotopic (exact) mass is 605 g/mol. The zero-order valence-corrected chi connectivity index (χ0v) is 27.4. The average molecular weight is 606 g/mol. The summed E-state index contributed by atoms with van der Waals surface area (Å²) in [6, 6.07) is 0. The van der Waals surface area contributed by atoms with Crippen molar-refractivity contribution in [3.8, 4) is 0 Å². The van der Waals surface area contributed by atoms with Gasteiger partial charge < -0.3 is 29.0 Å². The molecule has 0 unspecified atom stereocenters. The van der Waals surface area contributed by atoms with E-state index in [4.69, 9.17) is 23.7 Å². The van der Waals surface area contributed by atoms with Gasteiger partial charge in [-0.05, 0) is 32.1 Å². The van der Waals surface area contributed by atoms with Crippen molar-refractivity contribution in [1.29, 1.82) is 0 Å².